The molecule has 1 aromatic carbocycles. The molecule has 0 aliphatic carbocycles. The first-order chi connectivity index (χ1) is 14.0. The summed E-state index contributed by atoms with van der Waals surface area (Å²) in [4.78, 5) is 47.9. The Labute approximate surface area is 178 Å². The summed E-state index contributed by atoms with van der Waals surface area (Å²) >= 11 is 7.03. The third-order valence-corrected chi connectivity index (χ3v) is 4.75. The molecule has 0 unspecified atom stereocenters. The van der Waals surface area contributed by atoms with Crippen molar-refractivity contribution in [3.8, 4) is 0 Å². The maximum Gasteiger partial charge on any atom is 0.341 e. The smallest absolute Gasteiger partial charge is 0.341 e. The molecule has 0 fully saturated rings. The van der Waals surface area contributed by atoms with Gasteiger partial charge in [0.2, 0.25) is 5.91 Å². The maximum atomic E-state index is 12.8. The van der Waals surface area contributed by atoms with Gasteiger partial charge < -0.3 is 15.4 Å². The predicted molar refractivity (Wildman–Crippen MR) is 113 cm³/mol. The van der Waals surface area contributed by atoms with Crippen LogP contribution in [0.2, 0.25) is 0 Å². The minimum Gasteiger partial charge on any atom is -0.467 e. The number of carbonyl (C=O) groups excluding carboxylic acids is 3. The van der Waals surface area contributed by atoms with Crippen molar-refractivity contribution in [1.82, 2.24) is 15.6 Å². The van der Waals surface area contributed by atoms with Crippen molar-refractivity contribution >= 4 is 41.3 Å². The van der Waals surface area contributed by atoms with E-state index in [0.29, 0.717) is 17.2 Å². The molecule has 2 N–H and O–H groups in total. The Morgan fingerprint density at radius 1 is 1.21 bits per heavy atom. The Morgan fingerprint density at radius 2 is 1.90 bits per heavy atom. The highest BCUT2D eigenvalue weighted by Gasteiger charge is 2.28. The highest BCUT2D eigenvalue weighted by Crippen LogP contribution is 2.07. The minimum absolute atomic E-state index is 0.0162. The van der Waals surface area contributed by atoms with Gasteiger partial charge in [-0.15, -0.1) is 16.5 Å². The van der Waals surface area contributed by atoms with Crippen molar-refractivity contribution in [2.45, 2.75) is 24.9 Å². The van der Waals surface area contributed by atoms with Crippen LogP contribution in [0.1, 0.15) is 12.0 Å². The van der Waals surface area contributed by atoms with Crippen LogP contribution in [-0.2, 0) is 20.7 Å². The summed E-state index contributed by atoms with van der Waals surface area (Å²) < 4.78 is 4.79. The van der Waals surface area contributed by atoms with Crippen LogP contribution in [0.5, 0.6) is 0 Å². The number of ether oxygens (including phenoxy) is 1. The molecule has 0 spiro atoms. The van der Waals surface area contributed by atoms with E-state index in [1.165, 1.54) is 18.9 Å². The fourth-order valence-electron chi connectivity index (χ4n) is 2.45. The van der Waals surface area contributed by atoms with Gasteiger partial charge in [0.1, 0.15) is 12.1 Å². The van der Waals surface area contributed by atoms with Gasteiger partial charge in [-0.2, -0.15) is 16.8 Å². The number of nitrogens with one attached hydrogen (secondary N) is 2. The van der Waals surface area contributed by atoms with Crippen molar-refractivity contribution in [3.05, 3.63) is 40.8 Å². The van der Waals surface area contributed by atoms with Gasteiger partial charge >= 0.3 is 12.0 Å². The molecule has 9 nitrogen and oxygen atoms in total. The average molecular weight is 445 g/mol. The molecule has 29 heavy (non-hydrogen) atoms. The molecule has 11 heteroatoms. The van der Waals surface area contributed by atoms with Gasteiger partial charge in [0, 0.05) is 12.3 Å². The van der Waals surface area contributed by atoms with Crippen molar-refractivity contribution < 1.29 is 19.1 Å². The largest absolute Gasteiger partial charge is 0.467 e. The fraction of sp³-hybridized carbons (Fsp3) is 0.500. The van der Waals surface area contributed by atoms with Gasteiger partial charge in [-0.25, -0.2) is 9.59 Å². The predicted octanol–water partition coefficient (Wildman–Crippen LogP) is 1.94. The molecule has 0 aliphatic heterocycles. The van der Waals surface area contributed by atoms with E-state index < -0.39 is 30.0 Å². The molecule has 160 valence electrons. The van der Waals surface area contributed by atoms with E-state index in [1.54, 1.807) is 0 Å². The number of benzene rings is 1. The Bertz CT molecular complexity index is 679. The van der Waals surface area contributed by atoms with E-state index in [9.17, 15) is 19.3 Å². The average Bonchev–Trinajstić information content (AvgIpc) is 2.74. The zero-order chi connectivity index (χ0) is 21.6. The number of hydrogen-bond acceptors (Lipinski definition) is 7. The van der Waals surface area contributed by atoms with Gasteiger partial charge in [-0.1, -0.05) is 30.3 Å². The summed E-state index contributed by atoms with van der Waals surface area (Å²) in [5, 5.41) is 8.31. The normalized spacial score (nSPS) is 12.4. The molecule has 0 radical (unpaired) electrons. The van der Waals surface area contributed by atoms with Crippen LogP contribution in [0.15, 0.2) is 35.6 Å². The number of carbonyl (C=O) groups is 3. The lowest BCUT2D eigenvalue weighted by atomic mass is 10.1. The van der Waals surface area contributed by atoms with Gasteiger partial charge in [0.15, 0.2) is 0 Å². The first-order valence-electron chi connectivity index (χ1n) is 8.85. The zero-order valence-corrected chi connectivity index (χ0v) is 17.9. The topological polar surface area (TPSA) is 117 Å². The third-order valence-electron chi connectivity index (χ3n) is 3.94. The molecular formula is C18H25ClN4O5S. The number of thioether (sulfide) groups is 1. The SMILES string of the molecule is COC(=O)[C@H](Cc1ccccc1)NC(=O)[C@H](CCSC)NC(=O)N(CCCl)N=O. The van der Waals surface area contributed by atoms with Gasteiger partial charge in [-0.3, -0.25) is 4.79 Å². The fourth-order valence-corrected chi connectivity index (χ4v) is 3.08. The van der Waals surface area contributed by atoms with E-state index in [4.69, 9.17) is 16.3 Å². The summed E-state index contributed by atoms with van der Waals surface area (Å²) in [6.07, 6.45) is 2.39. The Morgan fingerprint density at radius 3 is 2.45 bits per heavy atom. The highest BCUT2D eigenvalue weighted by molar-refractivity contribution is 7.98. The second-order valence-electron chi connectivity index (χ2n) is 5.95. The lowest BCUT2D eigenvalue weighted by molar-refractivity contribution is -0.145. The number of amides is 3. The minimum atomic E-state index is -0.961. The molecule has 3 amide bonds. The van der Waals surface area contributed by atoms with Crippen molar-refractivity contribution in [2.75, 3.05) is 31.5 Å². The lowest BCUT2D eigenvalue weighted by Crippen LogP contribution is -2.54. The summed E-state index contributed by atoms with van der Waals surface area (Å²) in [5.41, 5.74) is 0.839. The van der Waals surface area contributed by atoms with Crippen LogP contribution in [0.3, 0.4) is 0 Å². The molecule has 2 atom stereocenters. The first kappa shape index (κ1) is 24.7. The third kappa shape index (κ3) is 8.70. The standard InChI is InChI=1S/C18H25ClN4O5S/c1-28-17(25)15(12-13-6-4-3-5-7-13)20-16(24)14(8-11-29-2)21-18(26)23(22-27)10-9-19/h3-7,14-15H,8-12H2,1-2H3,(H,20,24)(H,21,26)/t14-,15-/m0/s1. The molecule has 0 saturated carbocycles. The Hall–Kier alpha value is -2.33. The van der Waals surface area contributed by atoms with Crippen LogP contribution in [0.4, 0.5) is 4.79 Å². The molecule has 0 saturated heterocycles. The molecule has 1 rings (SSSR count). The summed E-state index contributed by atoms with van der Waals surface area (Å²) in [7, 11) is 1.24. The van der Waals surface area contributed by atoms with E-state index in [1.807, 2.05) is 36.6 Å². The molecule has 0 aromatic heterocycles. The summed E-state index contributed by atoms with van der Waals surface area (Å²) in [5.74, 6) is -0.572. The van der Waals surface area contributed by atoms with E-state index >= 15 is 0 Å². The number of alkyl halides is 1. The molecule has 0 bridgehead atoms. The van der Waals surface area contributed by atoms with Crippen molar-refractivity contribution in [2.24, 2.45) is 5.29 Å². The van der Waals surface area contributed by atoms with Gasteiger partial charge in [0.25, 0.3) is 0 Å². The molecule has 0 aliphatic rings. The monoisotopic (exact) mass is 444 g/mol. The van der Waals surface area contributed by atoms with Gasteiger partial charge in [-0.05, 0) is 24.0 Å². The Kier molecular flexibility index (Phi) is 11.7. The second kappa shape index (κ2) is 13.8. The number of rotatable bonds is 12. The number of methoxy groups -OCH3 is 1. The first-order valence-corrected chi connectivity index (χ1v) is 10.8. The maximum absolute atomic E-state index is 12.8. The van der Waals surface area contributed by atoms with E-state index in [-0.39, 0.29) is 18.8 Å². The number of halogens is 1. The van der Waals surface area contributed by atoms with E-state index in [0.717, 1.165) is 5.56 Å². The molecular weight excluding hydrogens is 420 g/mol. The van der Waals surface area contributed by atoms with Crippen LogP contribution in [-0.4, -0.2) is 66.5 Å². The zero-order valence-electron chi connectivity index (χ0n) is 16.3. The van der Waals surface area contributed by atoms with Crippen LogP contribution in [0.25, 0.3) is 0 Å². The van der Waals surface area contributed by atoms with Crippen molar-refractivity contribution in [1.29, 1.82) is 0 Å². The molecule has 0 heterocycles. The number of urea groups is 1. The quantitative estimate of drug-likeness (QED) is 0.220. The van der Waals surface area contributed by atoms with Crippen LogP contribution < -0.4 is 10.6 Å². The number of hydrogen-bond donors (Lipinski definition) is 2. The van der Waals surface area contributed by atoms with Gasteiger partial charge in [0.05, 0.1) is 18.9 Å². The summed E-state index contributed by atoms with van der Waals surface area (Å²) in [6, 6.07) is 6.43. The summed E-state index contributed by atoms with van der Waals surface area (Å²) in [6.45, 7) is -0.0907. The number of nitroso groups, excluding NO2 is 1. The highest BCUT2D eigenvalue weighted by atomic mass is 35.5. The van der Waals surface area contributed by atoms with E-state index in [2.05, 4.69) is 15.9 Å². The number of esters is 1. The van der Waals surface area contributed by atoms with Crippen LogP contribution in [0, 0.1) is 4.91 Å². The number of nitrogens with zero attached hydrogens (tertiary/aromatic N) is 2. The van der Waals surface area contributed by atoms with Crippen LogP contribution >= 0.6 is 23.4 Å². The molecule has 1 aromatic rings. The lowest BCUT2D eigenvalue weighted by Gasteiger charge is -2.23. The second-order valence-corrected chi connectivity index (χ2v) is 7.31. The van der Waals surface area contributed by atoms with Crippen molar-refractivity contribution in [3.63, 3.8) is 0 Å². The Balaban J connectivity index is 2.89.